The van der Waals surface area contributed by atoms with Crippen LogP contribution in [0, 0.1) is 5.92 Å². The van der Waals surface area contributed by atoms with Crippen molar-refractivity contribution < 1.29 is 0 Å². The fourth-order valence-corrected chi connectivity index (χ4v) is 4.00. The van der Waals surface area contributed by atoms with Gasteiger partial charge in [0.25, 0.3) is 0 Å². The Morgan fingerprint density at radius 2 is 1.55 bits per heavy atom. The minimum atomic E-state index is 0.705. The molecular weight excluding hydrogens is 486 g/mol. The minimum Gasteiger partial charge on any atom is -0.262 e. The Morgan fingerprint density at radius 1 is 0.975 bits per heavy atom. The van der Waals surface area contributed by atoms with Crippen LogP contribution in [0.15, 0.2) is 77.4 Å². The molecule has 3 nitrogen and oxygen atoms in total. The van der Waals surface area contributed by atoms with E-state index in [4.69, 9.17) is 5.10 Å². The Labute approximate surface area is 245 Å². The Bertz CT molecular complexity index is 1270. The minimum absolute atomic E-state index is 0.705. The summed E-state index contributed by atoms with van der Waals surface area (Å²) in [5.74, 6) is 0.963. The Morgan fingerprint density at radius 3 is 2.00 bits per heavy atom. The number of hydrogen-bond donors (Lipinski definition) is 0. The second-order valence-electron chi connectivity index (χ2n) is 10.2. The molecule has 0 aliphatic heterocycles. The molecule has 2 rings (SSSR count). The Hall–Kier alpha value is -3.46. The van der Waals surface area contributed by atoms with Gasteiger partial charge in [-0.25, -0.2) is 4.68 Å². The summed E-state index contributed by atoms with van der Waals surface area (Å²) in [6, 6.07) is 8.15. The van der Waals surface area contributed by atoms with E-state index in [0.717, 1.165) is 44.6 Å². The van der Waals surface area contributed by atoms with E-state index < -0.39 is 0 Å². The number of benzene rings is 1. The van der Waals surface area contributed by atoms with Crippen molar-refractivity contribution in [2.45, 2.75) is 94.9 Å². The van der Waals surface area contributed by atoms with Gasteiger partial charge in [-0.05, 0) is 77.1 Å². The van der Waals surface area contributed by atoms with E-state index in [2.05, 4.69) is 84.6 Å². The van der Waals surface area contributed by atoms with Gasteiger partial charge in [-0.2, -0.15) is 5.10 Å². The van der Waals surface area contributed by atoms with E-state index in [1.807, 2.05) is 74.9 Å². The number of rotatable bonds is 11. The molecule has 0 saturated heterocycles. The summed E-state index contributed by atoms with van der Waals surface area (Å²) in [6.45, 7) is 33.1. The van der Waals surface area contributed by atoms with E-state index in [1.165, 1.54) is 31.3 Å². The van der Waals surface area contributed by atoms with Crippen molar-refractivity contribution in [1.82, 2.24) is 9.78 Å². The summed E-state index contributed by atoms with van der Waals surface area (Å²) in [4.78, 5) is 4.22. The van der Waals surface area contributed by atoms with Gasteiger partial charge in [0.2, 0.25) is 0 Å². The number of hydrogen-bond acceptors (Lipinski definition) is 2. The first-order chi connectivity index (χ1) is 19.1. The number of aliphatic imine (C=N–C) groups is 1. The highest BCUT2D eigenvalue weighted by Crippen LogP contribution is 2.15. The Balaban J connectivity index is 0.00000130. The van der Waals surface area contributed by atoms with Gasteiger partial charge in [-0.15, -0.1) is 0 Å². The molecule has 0 amide bonds. The predicted molar refractivity (Wildman–Crippen MR) is 183 cm³/mol. The maximum absolute atomic E-state index is 4.85. The van der Waals surface area contributed by atoms with Crippen LogP contribution in [-0.2, 0) is 0 Å². The molecule has 1 aromatic heterocycles. The largest absolute Gasteiger partial charge is 0.262 e. The van der Waals surface area contributed by atoms with Gasteiger partial charge in [0.05, 0.1) is 16.7 Å². The van der Waals surface area contributed by atoms with Crippen molar-refractivity contribution in [2.75, 3.05) is 0 Å². The second-order valence-corrected chi connectivity index (χ2v) is 10.2. The lowest BCUT2D eigenvalue weighted by Gasteiger charge is -2.05. The summed E-state index contributed by atoms with van der Waals surface area (Å²) >= 11 is 0. The summed E-state index contributed by atoms with van der Waals surface area (Å²) in [6.07, 6.45) is 17.6. The van der Waals surface area contributed by atoms with Gasteiger partial charge >= 0.3 is 0 Å². The molecule has 1 aromatic carbocycles. The van der Waals surface area contributed by atoms with Crippen molar-refractivity contribution in [3.8, 4) is 5.69 Å². The number of allylic oxidation sites excluding steroid dienone is 8. The Kier molecular flexibility index (Phi) is 18.7. The van der Waals surface area contributed by atoms with Crippen molar-refractivity contribution in [3.63, 3.8) is 0 Å². The van der Waals surface area contributed by atoms with Crippen LogP contribution in [0.3, 0.4) is 0 Å². The molecule has 0 bridgehead atoms. The van der Waals surface area contributed by atoms with Crippen LogP contribution in [0.1, 0.15) is 106 Å². The van der Waals surface area contributed by atoms with Crippen LogP contribution in [0.5, 0.6) is 0 Å². The molecule has 0 aliphatic rings. The molecule has 0 atom stereocenters. The second kappa shape index (κ2) is 20.4. The molecule has 1 heterocycles. The fraction of sp³-hybridized carbons (Fsp3) is 0.405. The fourth-order valence-electron chi connectivity index (χ4n) is 4.00. The zero-order valence-corrected chi connectivity index (χ0v) is 27.1. The maximum Gasteiger partial charge on any atom is 0.119 e. The highest BCUT2D eigenvalue weighted by Gasteiger charge is 2.11. The maximum atomic E-state index is 4.85. The summed E-state index contributed by atoms with van der Waals surface area (Å²) < 4.78 is 1.85. The zero-order chi connectivity index (χ0) is 30.7. The van der Waals surface area contributed by atoms with Crippen molar-refractivity contribution in [3.05, 3.63) is 94.2 Å². The molecule has 2 aromatic rings. The lowest BCUT2D eigenvalue weighted by atomic mass is 10.0. The summed E-state index contributed by atoms with van der Waals surface area (Å²) in [5.41, 5.74) is 6.87. The third-order valence-electron chi connectivity index (χ3n) is 6.10. The summed E-state index contributed by atoms with van der Waals surface area (Å²) in [7, 11) is 0. The molecule has 0 spiro atoms. The smallest absolute Gasteiger partial charge is 0.119 e. The van der Waals surface area contributed by atoms with Gasteiger partial charge in [0.15, 0.2) is 0 Å². The van der Waals surface area contributed by atoms with E-state index in [0.29, 0.717) is 5.70 Å². The SMILES string of the molecule is C=N/C(=C\C=C/C)c1nn(-c2ccc(C(=C)C)cc2)c(=C)/c1=C\C(C)=C\C=C(C)C.CC.CCCC(C)CCC. The molecule has 3 heteroatoms. The van der Waals surface area contributed by atoms with Gasteiger partial charge in [-0.1, -0.05) is 127 Å². The molecule has 0 fully saturated rings. The molecular formula is C37H55N3. The monoisotopic (exact) mass is 541 g/mol. The lowest BCUT2D eigenvalue weighted by Crippen LogP contribution is -2.28. The van der Waals surface area contributed by atoms with Crippen LogP contribution < -0.4 is 10.6 Å². The third-order valence-corrected chi connectivity index (χ3v) is 6.10. The van der Waals surface area contributed by atoms with Gasteiger partial charge in [0, 0.05) is 5.22 Å². The van der Waals surface area contributed by atoms with Gasteiger partial charge in [-0.3, -0.25) is 4.99 Å². The van der Waals surface area contributed by atoms with Crippen molar-refractivity contribution >= 4 is 30.6 Å². The van der Waals surface area contributed by atoms with Crippen molar-refractivity contribution in [2.24, 2.45) is 10.9 Å². The topological polar surface area (TPSA) is 30.2 Å². The number of nitrogens with zero attached hydrogens (tertiary/aromatic N) is 3. The first-order valence-corrected chi connectivity index (χ1v) is 14.8. The first-order valence-electron chi connectivity index (χ1n) is 14.8. The average molecular weight is 542 g/mol. The van der Waals surface area contributed by atoms with Crippen LogP contribution in [0.25, 0.3) is 29.6 Å². The van der Waals surface area contributed by atoms with Crippen LogP contribution >= 0.6 is 0 Å². The molecule has 40 heavy (non-hydrogen) atoms. The lowest BCUT2D eigenvalue weighted by molar-refractivity contribution is 0.480. The highest BCUT2D eigenvalue weighted by atomic mass is 15.3. The molecule has 0 radical (unpaired) electrons. The van der Waals surface area contributed by atoms with E-state index in [9.17, 15) is 0 Å². The highest BCUT2D eigenvalue weighted by molar-refractivity contribution is 5.69. The molecule has 218 valence electrons. The molecule has 0 N–H and O–H groups in total. The van der Waals surface area contributed by atoms with Crippen LogP contribution in [0.2, 0.25) is 0 Å². The van der Waals surface area contributed by atoms with E-state index in [1.54, 1.807) is 0 Å². The predicted octanol–water partition coefficient (Wildman–Crippen LogP) is 9.88. The van der Waals surface area contributed by atoms with Crippen LogP contribution in [-0.4, -0.2) is 16.5 Å². The van der Waals surface area contributed by atoms with E-state index in [-0.39, 0.29) is 0 Å². The van der Waals surface area contributed by atoms with Gasteiger partial charge < -0.3 is 0 Å². The number of aromatic nitrogens is 2. The van der Waals surface area contributed by atoms with E-state index >= 15 is 0 Å². The summed E-state index contributed by atoms with van der Waals surface area (Å²) in [5, 5.41) is 6.58. The zero-order valence-electron chi connectivity index (χ0n) is 27.1. The van der Waals surface area contributed by atoms with Gasteiger partial charge in [0.1, 0.15) is 5.69 Å². The van der Waals surface area contributed by atoms with Crippen molar-refractivity contribution in [1.29, 1.82) is 0 Å². The molecule has 0 aliphatic carbocycles. The normalized spacial score (nSPS) is 12.0. The first kappa shape index (κ1) is 36.5. The quantitative estimate of drug-likeness (QED) is 0.206. The standard InChI is InChI=1S/C27H31N3.C8H18.C2H6/c1-9-10-11-26(28-8)27-25(18-21(6)13-12-19(2)3)22(7)30(29-27)24-16-14-23(15-17-24)20(4)5;1-4-6-8(3)7-5-2;1-2/h9-18H,4,7-8H2,1-3,5-6H3;8H,4-7H2,1-3H3;1-2H3/b10-9-,21-13+,25-18+,26-11-;;. The third kappa shape index (κ3) is 12.6. The molecule has 0 unspecified atom stereocenters. The van der Waals surface area contributed by atoms with Crippen LogP contribution in [0.4, 0.5) is 0 Å². The molecule has 0 saturated carbocycles. The average Bonchev–Trinajstić information content (AvgIpc) is 3.25.